The Morgan fingerprint density at radius 3 is 2.72 bits per heavy atom. The highest BCUT2D eigenvalue weighted by molar-refractivity contribution is 8.14. The Labute approximate surface area is 187 Å². The molecule has 0 aliphatic carbocycles. The minimum Gasteiger partial charge on any atom is -0.379 e. The summed E-state index contributed by atoms with van der Waals surface area (Å²) in [6.45, 7) is 3.77. The number of anilines is 1. The van der Waals surface area contributed by atoms with Crippen LogP contribution >= 0.6 is 11.8 Å². The number of amides is 3. The second-order valence-electron chi connectivity index (χ2n) is 7.86. The molecule has 1 aromatic heterocycles. The van der Waals surface area contributed by atoms with Crippen molar-refractivity contribution in [2.75, 3.05) is 37.4 Å². The van der Waals surface area contributed by atoms with E-state index in [-0.39, 0.29) is 40.1 Å². The number of halogens is 1. The molecule has 0 unspecified atom stereocenters. The maximum Gasteiger partial charge on any atom is 0.289 e. The molecule has 10 heteroatoms. The molecule has 2 fully saturated rings. The molecule has 0 spiro atoms. The van der Waals surface area contributed by atoms with Crippen molar-refractivity contribution in [2.24, 2.45) is 0 Å². The van der Waals surface area contributed by atoms with Crippen LogP contribution in [0.15, 0.2) is 24.4 Å². The van der Waals surface area contributed by atoms with Gasteiger partial charge in [0.2, 0.25) is 5.91 Å². The van der Waals surface area contributed by atoms with Crippen LogP contribution < -0.4 is 5.32 Å². The van der Waals surface area contributed by atoms with Gasteiger partial charge in [-0.2, -0.15) is 0 Å². The molecule has 3 aliphatic rings. The lowest BCUT2D eigenvalue weighted by Gasteiger charge is -2.25. The Bertz CT molecular complexity index is 1120. The van der Waals surface area contributed by atoms with E-state index >= 15 is 4.39 Å². The zero-order valence-corrected chi connectivity index (χ0v) is 18.0. The van der Waals surface area contributed by atoms with Crippen molar-refractivity contribution in [1.82, 2.24) is 14.8 Å². The number of carbonyl (C=O) groups is 3. The number of hydrogen-bond donors (Lipinski definition) is 2. The van der Waals surface area contributed by atoms with E-state index in [1.54, 1.807) is 12.1 Å². The van der Waals surface area contributed by atoms with Gasteiger partial charge < -0.3 is 15.0 Å². The fraction of sp³-hybridized carbons (Fsp3) is 0.318. The molecule has 1 aromatic carbocycles. The molecule has 0 radical (unpaired) electrons. The summed E-state index contributed by atoms with van der Waals surface area (Å²) in [5, 5.41) is 2.29. The van der Waals surface area contributed by atoms with Crippen LogP contribution in [0.2, 0.25) is 0 Å². The molecule has 8 nitrogen and oxygen atoms in total. The fourth-order valence-electron chi connectivity index (χ4n) is 4.06. The van der Waals surface area contributed by atoms with Gasteiger partial charge in [-0.25, -0.2) is 4.39 Å². The van der Waals surface area contributed by atoms with Crippen molar-refractivity contribution < 1.29 is 23.5 Å². The molecule has 5 rings (SSSR count). The van der Waals surface area contributed by atoms with Crippen molar-refractivity contribution in [1.29, 1.82) is 0 Å². The molecule has 0 saturated carbocycles. The van der Waals surface area contributed by atoms with Gasteiger partial charge in [0.15, 0.2) is 0 Å². The number of hydrogen-bond acceptors (Lipinski definition) is 6. The van der Waals surface area contributed by atoms with E-state index in [9.17, 15) is 14.4 Å². The number of rotatable bonds is 5. The maximum atomic E-state index is 15.4. The highest BCUT2D eigenvalue weighted by Gasteiger charge is 2.33. The minimum absolute atomic E-state index is 0.0657. The third kappa shape index (κ3) is 3.96. The molecule has 3 aliphatic heterocycles. The zero-order chi connectivity index (χ0) is 22.2. The van der Waals surface area contributed by atoms with Crippen LogP contribution in [-0.2, 0) is 27.4 Å². The maximum absolute atomic E-state index is 15.4. The van der Waals surface area contributed by atoms with E-state index in [0.717, 1.165) is 41.9 Å². The van der Waals surface area contributed by atoms with Gasteiger partial charge >= 0.3 is 0 Å². The van der Waals surface area contributed by atoms with E-state index < -0.39 is 11.7 Å². The molecule has 0 bridgehead atoms. The van der Waals surface area contributed by atoms with E-state index in [1.165, 1.54) is 6.07 Å². The number of aromatic amines is 1. The summed E-state index contributed by atoms with van der Waals surface area (Å²) >= 11 is 0.904. The van der Waals surface area contributed by atoms with Crippen molar-refractivity contribution in [2.45, 2.75) is 13.1 Å². The number of thioether (sulfide) groups is 1. The summed E-state index contributed by atoms with van der Waals surface area (Å²) in [6.07, 6.45) is 3.50. The number of H-pyrrole nitrogens is 1. The second kappa shape index (κ2) is 8.53. The standard InChI is InChI=1S/C22H21FN4O4S/c23-20-14(11-27-18(28)12-32-22(27)30)1-2-17-19(20)16(21(29)25-17)8-15-7-13(9-24-15)10-26-3-5-31-6-4-26/h1-2,7-9,24H,3-6,10-12H2,(H,25,29). The molecule has 2 saturated heterocycles. The lowest BCUT2D eigenvalue weighted by atomic mass is 10.0. The first kappa shape index (κ1) is 20.9. The third-order valence-electron chi connectivity index (χ3n) is 5.73. The number of aromatic nitrogens is 1. The smallest absolute Gasteiger partial charge is 0.289 e. The van der Waals surface area contributed by atoms with Crippen LogP contribution in [0, 0.1) is 5.82 Å². The molecule has 2 N–H and O–H groups in total. The van der Waals surface area contributed by atoms with Crippen LogP contribution in [0.3, 0.4) is 0 Å². The molecule has 3 amide bonds. The summed E-state index contributed by atoms with van der Waals surface area (Å²) in [5.74, 6) is -1.28. The van der Waals surface area contributed by atoms with E-state index in [0.29, 0.717) is 24.6 Å². The number of carbonyl (C=O) groups excluding carboxylic acids is 3. The predicted molar refractivity (Wildman–Crippen MR) is 118 cm³/mol. The van der Waals surface area contributed by atoms with Crippen molar-refractivity contribution in [3.63, 3.8) is 0 Å². The summed E-state index contributed by atoms with van der Waals surface area (Å²) < 4.78 is 20.8. The van der Waals surface area contributed by atoms with Gasteiger partial charge in [-0.05, 0) is 23.8 Å². The number of nitrogens with one attached hydrogen (secondary N) is 2. The third-order valence-corrected chi connectivity index (χ3v) is 6.59. The van der Waals surface area contributed by atoms with Crippen molar-refractivity contribution in [3.05, 3.63) is 52.6 Å². The van der Waals surface area contributed by atoms with Crippen LogP contribution in [-0.4, -0.2) is 63.9 Å². The lowest BCUT2D eigenvalue weighted by Crippen LogP contribution is -2.35. The van der Waals surface area contributed by atoms with Gasteiger partial charge in [0.1, 0.15) is 5.82 Å². The summed E-state index contributed by atoms with van der Waals surface area (Å²) in [4.78, 5) is 42.8. The Morgan fingerprint density at radius 1 is 1.16 bits per heavy atom. The first-order valence-electron chi connectivity index (χ1n) is 10.3. The lowest BCUT2D eigenvalue weighted by molar-refractivity contribution is -0.125. The summed E-state index contributed by atoms with van der Waals surface area (Å²) in [6, 6.07) is 5.04. The molecule has 4 heterocycles. The number of nitrogens with zero attached hydrogens (tertiary/aromatic N) is 2. The van der Waals surface area contributed by atoms with Gasteiger partial charge in [0.25, 0.3) is 11.1 Å². The topological polar surface area (TPSA) is 94.7 Å². The van der Waals surface area contributed by atoms with Gasteiger partial charge in [-0.3, -0.25) is 24.2 Å². The second-order valence-corrected chi connectivity index (χ2v) is 8.79. The van der Waals surface area contributed by atoms with Gasteiger partial charge in [-0.1, -0.05) is 17.8 Å². The quantitative estimate of drug-likeness (QED) is 0.672. The number of morpholine rings is 1. The molecule has 0 atom stereocenters. The Hall–Kier alpha value is -2.95. The summed E-state index contributed by atoms with van der Waals surface area (Å²) in [7, 11) is 0. The van der Waals surface area contributed by atoms with Crippen LogP contribution in [0.1, 0.15) is 22.4 Å². The fourth-order valence-corrected chi connectivity index (χ4v) is 4.79. The average molecular weight is 456 g/mol. The first-order chi connectivity index (χ1) is 15.5. The predicted octanol–water partition coefficient (Wildman–Crippen LogP) is 2.67. The minimum atomic E-state index is -0.607. The summed E-state index contributed by atoms with van der Waals surface area (Å²) in [5.41, 5.74) is 2.68. The number of benzene rings is 1. The van der Waals surface area contributed by atoms with Crippen LogP contribution in [0.25, 0.3) is 11.6 Å². The number of ether oxygens (including phenoxy) is 1. The SMILES string of the molecule is O=C1Nc2ccc(CN3C(=O)CSC3=O)c(F)c2C1=Cc1cc(CN2CCOCC2)c[nH]1. The first-order valence-corrected chi connectivity index (χ1v) is 11.3. The number of imide groups is 1. The Morgan fingerprint density at radius 2 is 1.97 bits per heavy atom. The van der Waals surface area contributed by atoms with Crippen LogP contribution in [0.5, 0.6) is 0 Å². The normalized spacial score (nSPS) is 20.3. The van der Waals surface area contributed by atoms with Gasteiger partial charge in [-0.15, -0.1) is 0 Å². The molecular formula is C22H21FN4O4S. The Balaban J connectivity index is 1.41. The van der Waals surface area contributed by atoms with E-state index in [4.69, 9.17) is 4.74 Å². The van der Waals surface area contributed by atoms with E-state index in [1.807, 2.05) is 12.3 Å². The van der Waals surface area contributed by atoms with Crippen molar-refractivity contribution >= 4 is 46.2 Å². The molecule has 32 heavy (non-hydrogen) atoms. The van der Waals surface area contributed by atoms with Crippen molar-refractivity contribution in [3.8, 4) is 0 Å². The van der Waals surface area contributed by atoms with E-state index in [2.05, 4.69) is 15.2 Å². The van der Waals surface area contributed by atoms with Gasteiger partial charge in [0.05, 0.1) is 36.8 Å². The highest BCUT2D eigenvalue weighted by atomic mass is 32.2. The largest absolute Gasteiger partial charge is 0.379 e. The molecular weight excluding hydrogens is 435 g/mol. The number of fused-ring (bicyclic) bond motifs is 1. The van der Waals surface area contributed by atoms with Gasteiger partial charge in [0, 0.05) is 42.7 Å². The molecule has 166 valence electrons. The Kier molecular flexibility index (Phi) is 5.58. The van der Waals surface area contributed by atoms with Crippen LogP contribution in [0.4, 0.5) is 14.9 Å². The zero-order valence-electron chi connectivity index (χ0n) is 17.2. The monoisotopic (exact) mass is 456 g/mol. The molecule has 2 aromatic rings. The highest BCUT2D eigenvalue weighted by Crippen LogP contribution is 2.37. The average Bonchev–Trinajstić information content (AvgIpc) is 3.45.